The van der Waals surface area contributed by atoms with E-state index in [4.69, 9.17) is 4.74 Å². The standard InChI is InChI=1S/C33H49N3O4/c1-8-10-15-21-36(29(30(37)34-20-11-9-2)27-19-18-24(3)25(4)22-27)31(38)28(23-26-16-13-12-14-17-26)35-32(39)40-33(5,6)7/h12-14,16-19,22,28-29H,8-11,15,20-21,23H2,1-7H3,(H,34,37)(H,35,39). The van der Waals surface area contributed by atoms with Gasteiger partial charge < -0.3 is 20.3 Å². The Labute approximate surface area is 241 Å². The van der Waals surface area contributed by atoms with E-state index in [9.17, 15) is 14.4 Å². The van der Waals surface area contributed by atoms with Crippen molar-refractivity contribution in [3.05, 3.63) is 70.8 Å². The summed E-state index contributed by atoms with van der Waals surface area (Å²) in [7, 11) is 0. The number of alkyl carbamates (subject to hydrolysis) is 1. The van der Waals surface area contributed by atoms with Crippen LogP contribution in [0.4, 0.5) is 4.79 Å². The highest BCUT2D eigenvalue weighted by Gasteiger charge is 2.36. The lowest BCUT2D eigenvalue weighted by molar-refractivity contribution is -0.142. The van der Waals surface area contributed by atoms with Gasteiger partial charge in [0.05, 0.1) is 0 Å². The lowest BCUT2D eigenvalue weighted by Gasteiger charge is -2.35. The van der Waals surface area contributed by atoms with Gasteiger partial charge in [0.25, 0.3) is 0 Å². The molecular weight excluding hydrogens is 502 g/mol. The van der Waals surface area contributed by atoms with Gasteiger partial charge in [0.15, 0.2) is 0 Å². The number of hydrogen-bond donors (Lipinski definition) is 2. The van der Waals surface area contributed by atoms with E-state index in [2.05, 4.69) is 24.5 Å². The molecule has 0 saturated heterocycles. The molecule has 0 aliphatic rings. The average molecular weight is 552 g/mol. The third-order valence-electron chi connectivity index (χ3n) is 6.79. The number of unbranched alkanes of at least 4 members (excludes halogenated alkanes) is 3. The quantitative estimate of drug-likeness (QED) is 0.265. The van der Waals surface area contributed by atoms with Crippen LogP contribution in [0.2, 0.25) is 0 Å². The van der Waals surface area contributed by atoms with E-state index < -0.39 is 23.8 Å². The van der Waals surface area contributed by atoms with Crippen molar-refractivity contribution in [2.24, 2.45) is 0 Å². The number of nitrogens with one attached hydrogen (secondary N) is 2. The summed E-state index contributed by atoms with van der Waals surface area (Å²) in [6.45, 7) is 14.5. The molecular formula is C33H49N3O4. The molecule has 0 aliphatic heterocycles. The SMILES string of the molecule is CCCCCN(C(=O)C(Cc1ccccc1)NC(=O)OC(C)(C)C)C(C(=O)NCCCC)c1ccc(C)c(C)c1. The van der Waals surface area contributed by atoms with E-state index in [0.717, 1.165) is 54.4 Å². The number of benzene rings is 2. The van der Waals surface area contributed by atoms with E-state index in [-0.39, 0.29) is 18.2 Å². The average Bonchev–Trinajstić information content (AvgIpc) is 2.89. The summed E-state index contributed by atoms with van der Waals surface area (Å²) in [5.41, 5.74) is 3.12. The van der Waals surface area contributed by atoms with E-state index in [1.54, 1.807) is 25.7 Å². The fourth-order valence-corrected chi connectivity index (χ4v) is 4.49. The molecule has 220 valence electrons. The number of carbonyl (C=O) groups excluding carboxylic acids is 3. The van der Waals surface area contributed by atoms with Gasteiger partial charge in [-0.2, -0.15) is 0 Å². The molecule has 2 N–H and O–H groups in total. The molecule has 0 bridgehead atoms. The van der Waals surface area contributed by atoms with Gasteiger partial charge in [-0.05, 0) is 69.7 Å². The maximum atomic E-state index is 14.4. The molecule has 0 aromatic heterocycles. The van der Waals surface area contributed by atoms with Gasteiger partial charge in [-0.1, -0.05) is 81.6 Å². The molecule has 2 aromatic carbocycles. The predicted molar refractivity (Wildman–Crippen MR) is 161 cm³/mol. The third-order valence-corrected chi connectivity index (χ3v) is 6.79. The molecule has 7 nitrogen and oxygen atoms in total. The summed E-state index contributed by atoms with van der Waals surface area (Å²) < 4.78 is 5.52. The first-order valence-corrected chi connectivity index (χ1v) is 14.7. The van der Waals surface area contributed by atoms with Gasteiger partial charge in [-0.3, -0.25) is 9.59 Å². The summed E-state index contributed by atoms with van der Waals surface area (Å²) >= 11 is 0. The highest BCUT2D eigenvalue weighted by molar-refractivity contribution is 5.92. The topological polar surface area (TPSA) is 87.7 Å². The normalized spacial score (nSPS) is 12.8. The molecule has 0 spiro atoms. The molecule has 0 saturated carbocycles. The number of hydrogen-bond acceptors (Lipinski definition) is 4. The first-order chi connectivity index (χ1) is 19.0. The van der Waals surface area contributed by atoms with Gasteiger partial charge in [-0.15, -0.1) is 0 Å². The summed E-state index contributed by atoms with van der Waals surface area (Å²) in [4.78, 5) is 42.7. The molecule has 3 amide bonds. The molecule has 0 fully saturated rings. The van der Waals surface area contributed by atoms with Crippen LogP contribution in [-0.2, 0) is 20.7 Å². The van der Waals surface area contributed by atoms with Gasteiger partial charge in [-0.25, -0.2) is 4.79 Å². The van der Waals surface area contributed by atoms with Gasteiger partial charge in [0.2, 0.25) is 11.8 Å². The van der Waals surface area contributed by atoms with Crippen LogP contribution in [0.25, 0.3) is 0 Å². The molecule has 0 aliphatic carbocycles. The fraction of sp³-hybridized carbons (Fsp3) is 0.545. The van der Waals surface area contributed by atoms with Crippen LogP contribution in [0.1, 0.15) is 95.0 Å². The molecule has 2 rings (SSSR count). The highest BCUT2D eigenvalue weighted by Crippen LogP contribution is 2.26. The Kier molecular flexibility index (Phi) is 13.2. The van der Waals surface area contributed by atoms with Crippen LogP contribution in [0.15, 0.2) is 48.5 Å². The number of nitrogens with zero attached hydrogens (tertiary/aromatic N) is 1. The van der Waals surface area contributed by atoms with Gasteiger partial charge in [0, 0.05) is 19.5 Å². The van der Waals surface area contributed by atoms with Crippen molar-refractivity contribution in [1.29, 1.82) is 0 Å². The minimum absolute atomic E-state index is 0.211. The Bertz CT molecular complexity index is 1090. The molecule has 2 unspecified atom stereocenters. The summed E-state index contributed by atoms with van der Waals surface area (Å²) in [5, 5.41) is 5.88. The van der Waals surface area contributed by atoms with Gasteiger partial charge >= 0.3 is 6.09 Å². The lowest BCUT2D eigenvalue weighted by Crippen LogP contribution is -2.54. The molecule has 40 heavy (non-hydrogen) atoms. The van der Waals surface area contributed by atoms with Crippen LogP contribution < -0.4 is 10.6 Å². The van der Waals surface area contributed by atoms with Crippen LogP contribution in [0.5, 0.6) is 0 Å². The van der Waals surface area contributed by atoms with Crippen LogP contribution in [0, 0.1) is 13.8 Å². The van der Waals surface area contributed by atoms with E-state index in [1.807, 2.05) is 62.4 Å². The molecule has 7 heteroatoms. The van der Waals surface area contributed by atoms with Crippen molar-refractivity contribution < 1.29 is 19.1 Å². The van der Waals surface area contributed by atoms with Gasteiger partial charge in [0.1, 0.15) is 17.7 Å². The molecule has 2 atom stereocenters. The van der Waals surface area contributed by atoms with Crippen molar-refractivity contribution in [3.8, 4) is 0 Å². The minimum atomic E-state index is -0.906. The Morgan fingerprint density at radius 3 is 2.17 bits per heavy atom. The number of ether oxygens (including phenoxy) is 1. The summed E-state index contributed by atoms with van der Waals surface area (Å²) in [6, 6.07) is 13.8. The van der Waals surface area contributed by atoms with E-state index >= 15 is 0 Å². The Morgan fingerprint density at radius 1 is 0.900 bits per heavy atom. The number of amides is 3. The smallest absolute Gasteiger partial charge is 0.408 e. The van der Waals surface area contributed by atoms with E-state index in [0.29, 0.717) is 13.1 Å². The fourth-order valence-electron chi connectivity index (χ4n) is 4.49. The first kappa shape index (κ1) is 32.9. The minimum Gasteiger partial charge on any atom is -0.444 e. The Balaban J connectivity index is 2.55. The first-order valence-electron chi connectivity index (χ1n) is 14.7. The maximum absolute atomic E-state index is 14.4. The summed E-state index contributed by atoms with van der Waals surface area (Å²) in [5.74, 6) is -0.517. The van der Waals surface area contributed by atoms with Crippen molar-refractivity contribution in [2.45, 2.75) is 105 Å². The summed E-state index contributed by atoms with van der Waals surface area (Å²) in [6.07, 6.45) is 4.06. The number of aryl methyl sites for hydroxylation is 2. The second-order valence-electron chi connectivity index (χ2n) is 11.5. The zero-order valence-corrected chi connectivity index (χ0v) is 25.5. The second-order valence-corrected chi connectivity index (χ2v) is 11.5. The Morgan fingerprint density at radius 2 is 1.57 bits per heavy atom. The zero-order valence-electron chi connectivity index (χ0n) is 25.5. The van der Waals surface area contributed by atoms with Crippen LogP contribution >= 0.6 is 0 Å². The van der Waals surface area contributed by atoms with E-state index in [1.165, 1.54) is 0 Å². The lowest BCUT2D eigenvalue weighted by atomic mass is 9.97. The predicted octanol–water partition coefficient (Wildman–Crippen LogP) is 6.42. The van der Waals surface area contributed by atoms with Crippen molar-refractivity contribution in [1.82, 2.24) is 15.5 Å². The van der Waals surface area contributed by atoms with Crippen molar-refractivity contribution >= 4 is 17.9 Å². The van der Waals surface area contributed by atoms with Crippen molar-refractivity contribution in [2.75, 3.05) is 13.1 Å². The third kappa shape index (κ3) is 10.7. The zero-order chi connectivity index (χ0) is 29.7. The van der Waals surface area contributed by atoms with Crippen LogP contribution in [0.3, 0.4) is 0 Å². The molecule has 0 heterocycles. The second kappa shape index (κ2) is 16.0. The largest absolute Gasteiger partial charge is 0.444 e. The Hall–Kier alpha value is -3.35. The molecule has 2 aromatic rings. The number of carbonyl (C=O) groups is 3. The highest BCUT2D eigenvalue weighted by atomic mass is 16.6. The monoisotopic (exact) mass is 551 g/mol. The maximum Gasteiger partial charge on any atom is 0.408 e. The van der Waals surface area contributed by atoms with Crippen LogP contribution in [-0.4, -0.2) is 47.5 Å². The molecule has 0 radical (unpaired) electrons. The number of rotatable bonds is 14. The van der Waals surface area contributed by atoms with Crippen molar-refractivity contribution in [3.63, 3.8) is 0 Å².